The Morgan fingerprint density at radius 2 is 1.71 bits per heavy atom. The Labute approximate surface area is 244 Å². The summed E-state index contributed by atoms with van der Waals surface area (Å²) in [5.74, 6) is -1.93. The van der Waals surface area contributed by atoms with E-state index in [9.17, 15) is 32.7 Å². The second-order valence-electron chi connectivity index (χ2n) is 12.9. The topological polar surface area (TPSA) is 100 Å². The van der Waals surface area contributed by atoms with Gasteiger partial charge in [-0.3, -0.25) is 14.4 Å². The van der Waals surface area contributed by atoms with E-state index in [0.717, 1.165) is 68.7 Å². The Hall–Kier alpha value is -3.30. The van der Waals surface area contributed by atoms with Gasteiger partial charge in [-0.25, -0.2) is 0 Å². The van der Waals surface area contributed by atoms with Crippen LogP contribution in [0.15, 0.2) is 24.3 Å². The van der Waals surface area contributed by atoms with E-state index < -0.39 is 30.0 Å². The van der Waals surface area contributed by atoms with Crippen LogP contribution in [0.1, 0.15) is 104 Å². The highest BCUT2D eigenvalue weighted by Crippen LogP contribution is 2.49. The van der Waals surface area contributed by atoms with Crippen LogP contribution in [-0.2, 0) is 23.7 Å². The zero-order valence-electron chi connectivity index (χ0n) is 24.4. The highest BCUT2D eigenvalue weighted by Gasteiger charge is 2.41. The van der Waals surface area contributed by atoms with Crippen molar-refractivity contribution in [3.8, 4) is 11.1 Å². The molecule has 42 heavy (non-hydrogen) atoms. The van der Waals surface area contributed by atoms with E-state index in [2.05, 4.69) is 17.6 Å². The number of nitrogens with zero attached hydrogens (tertiary/aromatic N) is 1. The minimum atomic E-state index is -4.56. The van der Waals surface area contributed by atoms with Gasteiger partial charge in [0, 0.05) is 29.9 Å². The van der Waals surface area contributed by atoms with E-state index in [1.165, 1.54) is 6.42 Å². The summed E-state index contributed by atoms with van der Waals surface area (Å²) < 4.78 is 41.6. The van der Waals surface area contributed by atoms with Crippen molar-refractivity contribution >= 4 is 17.8 Å². The number of carbonyl (C=O) groups is 3. The summed E-state index contributed by atoms with van der Waals surface area (Å²) in [4.78, 5) is 37.7. The molecule has 2 amide bonds. The molecule has 0 saturated heterocycles. The van der Waals surface area contributed by atoms with Crippen LogP contribution in [0.3, 0.4) is 0 Å². The van der Waals surface area contributed by atoms with E-state index in [1.807, 2.05) is 23.7 Å². The standard InChI is InChI=1S/C32H40F3N3O4/c1-18(32(33,34)35)36-28(39)21-12-20(13-23(14-21)31(2)9-10-31)25-17-27(29(40)37-24-15-22(16-24)30(41)42)38(3)26(25)11-19-7-5-4-6-8-19/h12-14,17-19,22,24H,4-11,15-16H2,1-3H3,(H,36,39)(H,37,40)(H,41,42)/t18-,22?,24?/m0/s1. The Bertz CT molecular complexity index is 1370. The molecular formula is C32H40F3N3O4. The van der Waals surface area contributed by atoms with Gasteiger partial charge in [0.05, 0.1) is 5.92 Å². The lowest BCUT2D eigenvalue weighted by molar-refractivity contribution is -0.149. The lowest BCUT2D eigenvalue weighted by Gasteiger charge is -2.32. The molecule has 3 aliphatic carbocycles. The summed E-state index contributed by atoms with van der Waals surface area (Å²) in [7, 11) is 1.85. The van der Waals surface area contributed by atoms with Crippen molar-refractivity contribution in [2.24, 2.45) is 18.9 Å². The molecule has 1 aromatic carbocycles. The highest BCUT2D eigenvalue weighted by molar-refractivity contribution is 5.98. The van der Waals surface area contributed by atoms with Gasteiger partial charge in [0.25, 0.3) is 11.8 Å². The Morgan fingerprint density at radius 3 is 2.31 bits per heavy atom. The van der Waals surface area contributed by atoms with Crippen LogP contribution in [0, 0.1) is 11.8 Å². The lowest BCUT2D eigenvalue weighted by Crippen LogP contribution is -2.47. The SMILES string of the molecule is C[C@H](NC(=O)c1cc(-c2cc(C(=O)NC3CC(C(=O)O)C3)n(C)c2CC2CCCCC2)cc(C2(C)CC2)c1)C(F)(F)F. The van der Waals surface area contributed by atoms with Crippen molar-refractivity contribution in [2.45, 2.75) is 102 Å². The first-order valence-corrected chi connectivity index (χ1v) is 15.0. The van der Waals surface area contributed by atoms with Crippen molar-refractivity contribution in [1.29, 1.82) is 0 Å². The quantitative estimate of drug-likeness (QED) is 0.328. The van der Waals surface area contributed by atoms with Crippen molar-refractivity contribution < 1.29 is 32.7 Å². The predicted octanol–water partition coefficient (Wildman–Crippen LogP) is 6.14. The van der Waals surface area contributed by atoms with Gasteiger partial charge in [-0.05, 0) is 79.7 Å². The highest BCUT2D eigenvalue weighted by atomic mass is 19.4. The van der Waals surface area contributed by atoms with Crippen LogP contribution >= 0.6 is 0 Å². The zero-order valence-corrected chi connectivity index (χ0v) is 24.4. The molecule has 1 atom stereocenters. The number of amides is 2. The second kappa shape index (κ2) is 11.4. The van der Waals surface area contributed by atoms with Crippen molar-refractivity contribution in [3.05, 3.63) is 46.8 Å². The summed E-state index contributed by atoms with van der Waals surface area (Å²) >= 11 is 0. The third kappa shape index (κ3) is 6.37. The van der Waals surface area contributed by atoms with Gasteiger partial charge in [-0.1, -0.05) is 45.1 Å². The number of carboxylic acid groups (broad SMARTS) is 1. The number of carbonyl (C=O) groups excluding carboxylic acids is 2. The number of aliphatic carboxylic acids is 1. The number of hydrogen-bond donors (Lipinski definition) is 3. The molecule has 3 aliphatic rings. The average molecular weight is 588 g/mol. The van der Waals surface area contributed by atoms with Gasteiger partial charge in [0.2, 0.25) is 0 Å². The molecule has 3 N–H and O–H groups in total. The van der Waals surface area contributed by atoms with Crippen LogP contribution in [-0.4, -0.2) is 45.7 Å². The van der Waals surface area contributed by atoms with Crippen molar-refractivity contribution in [1.82, 2.24) is 15.2 Å². The van der Waals surface area contributed by atoms with Gasteiger partial charge >= 0.3 is 12.1 Å². The van der Waals surface area contributed by atoms with E-state index in [4.69, 9.17) is 0 Å². The predicted molar refractivity (Wildman–Crippen MR) is 152 cm³/mol. The fourth-order valence-corrected chi connectivity index (χ4v) is 6.32. The number of rotatable bonds is 9. The average Bonchev–Trinajstić information content (AvgIpc) is 3.59. The Morgan fingerprint density at radius 1 is 1.05 bits per heavy atom. The third-order valence-electron chi connectivity index (χ3n) is 9.66. The molecule has 1 heterocycles. The van der Waals surface area contributed by atoms with Crippen molar-refractivity contribution in [2.75, 3.05) is 0 Å². The molecule has 2 aromatic rings. The first-order valence-electron chi connectivity index (χ1n) is 15.0. The maximum Gasteiger partial charge on any atom is 0.408 e. The molecule has 0 unspecified atom stereocenters. The minimum Gasteiger partial charge on any atom is -0.481 e. The van der Waals surface area contributed by atoms with Crippen LogP contribution in [0.4, 0.5) is 13.2 Å². The largest absolute Gasteiger partial charge is 0.481 e. The van der Waals surface area contributed by atoms with Crippen LogP contribution < -0.4 is 10.6 Å². The maximum atomic E-state index is 13.4. The Kier molecular flexibility index (Phi) is 8.20. The summed E-state index contributed by atoms with van der Waals surface area (Å²) in [5, 5.41) is 14.3. The number of carboxylic acids is 1. The van der Waals surface area contributed by atoms with Crippen LogP contribution in [0.25, 0.3) is 11.1 Å². The summed E-state index contributed by atoms with van der Waals surface area (Å²) in [6, 6.07) is 4.97. The number of alkyl halides is 3. The molecule has 0 aliphatic heterocycles. The molecule has 10 heteroatoms. The normalized spacial score (nSPS) is 22.6. The second-order valence-corrected chi connectivity index (χ2v) is 12.9. The molecular weight excluding hydrogens is 547 g/mol. The molecule has 1 aromatic heterocycles. The molecule has 7 nitrogen and oxygen atoms in total. The number of benzene rings is 1. The fraction of sp³-hybridized carbons (Fsp3) is 0.594. The van der Waals surface area contributed by atoms with Gasteiger partial charge in [0.1, 0.15) is 11.7 Å². The third-order valence-corrected chi connectivity index (χ3v) is 9.66. The van der Waals surface area contributed by atoms with Gasteiger partial charge in [0.15, 0.2) is 0 Å². The summed E-state index contributed by atoms with van der Waals surface area (Å²) in [6.45, 7) is 3.01. The summed E-state index contributed by atoms with van der Waals surface area (Å²) in [6.07, 6.45) is 4.51. The van der Waals surface area contributed by atoms with Crippen molar-refractivity contribution in [3.63, 3.8) is 0 Å². The lowest BCUT2D eigenvalue weighted by atomic mass is 9.80. The molecule has 3 saturated carbocycles. The molecule has 0 radical (unpaired) electrons. The van der Waals surface area contributed by atoms with Gasteiger partial charge in [-0.2, -0.15) is 13.2 Å². The number of aromatic nitrogens is 1. The number of halogens is 3. The van der Waals surface area contributed by atoms with E-state index >= 15 is 0 Å². The summed E-state index contributed by atoms with van der Waals surface area (Å²) in [5.41, 5.74) is 3.82. The number of hydrogen-bond acceptors (Lipinski definition) is 3. The fourth-order valence-electron chi connectivity index (χ4n) is 6.32. The minimum absolute atomic E-state index is 0.149. The van der Waals surface area contributed by atoms with E-state index in [-0.39, 0.29) is 22.9 Å². The van der Waals surface area contributed by atoms with Crippen LogP contribution in [0.2, 0.25) is 0 Å². The molecule has 3 fully saturated rings. The first kappa shape index (κ1) is 30.2. The smallest absolute Gasteiger partial charge is 0.408 e. The number of nitrogens with one attached hydrogen (secondary N) is 2. The molecule has 0 spiro atoms. The van der Waals surface area contributed by atoms with Crippen LogP contribution in [0.5, 0.6) is 0 Å². The monoisotopic (exact) mass is 587 g/mol. The molecule has 228 valence electrons. The molecule has 0 bridgehead atoms. The van der Waals surface area contributed by atoms with Gasteiger partial charge < -0.3 is 20.3 Å². The Balaban J connectivity index is 1.52. The maximum absolute atomic E-state index is 13.4. The van der Waals surface area contributed by atoms with E-state index in [1.54, 1.807) is 12.1 Å². The van der Waals surface area contributed by atoms with Gasteiger partial charge in [-0.15, -0.1) is 0 Å². The first-order chi connectivity index (χ1) is 19.7. The van der Waals surface area contributed by atoms with E-state index in [0.29, 0.717) is 30.0 Å². The molecule has 5 rings (SSSR count). The zero-order chi connectivity index (χ0) is 30.4.